The summed E-state index contributed by atoms with van der Waals surface area (Å²) in [6.07, 6.45) is 16.2. The first kappa shape index (κ1) is 23.1. The van der Waals surface area contributed by atoms with Gasteiger partial charge < -0.3 is 0 Å². The smallest absolute Gasteiger partial charge is 0.0304 e. The zero-order chi connectivity index (χ0) is 21.0. The Morgan fingerprint density at radius 3 is 2.14 bits per heavy atom. The minimum Gasteiger partial charge on any atom is -0.0878 e. The van der Waals surface area contributed by atoms with E-state index in [1.54, 1.807) is 0 Å². The first-order valence-electron chi connectivity index (χ1n) is 13.0. The molecule has 2 heteroatoms. The zero-order valence-corrected chi connectivity index (χ0v) is 22.9. The molecule has 0 spiro atoms. The predicted octanol–water partition coefficient (Wildman–Crippen LogP) is 9.24. The fourth-order valence-corrected chi connectivity index (χ4v) is 11.0. The lowest BCUT2D eigenvalue weighted by atomic mass is 9.44. The molecule has 4 aliphatic carbocycles. The first-order valence-corrected chi connectivity index (χ1v) is 14.8. The van der Waals surface area contributed by atoms with Crippen LogP contribution in [0.3, 0.4) is 0 Å². The summed E-state index contributed by atoms with van der Waals surface area (Å²) in [5, 5.41) is 0. The number of fused-ring (bicyclic) bond motifs is 5. The van der Waals surface area contributed by atoms with E-state index in [0.717, 1.165) is 41.4 Å². The van der Waals surface area contributed by atoms with Crippen LogP contribution >= 0.6 is 31.9 Å². The van der Waals surface area contributed by atoms with Gasteiger partial charge in [-0.1, -0.05) is 85.7 Å². The maximum absolute atomic E-state index is 4.13. The summed E-state index contributed by atoms with van der Waals surface area (Å²) < 4.78 is 0. The summed E-state index contributed by atoms with van der Waals surface area (Å²) >= 11 is 8.12. The lowest BCUT2D eigenvalue weighted by molar-refractivity contribution is -0.111. The van der Waals surface area contributed by atoms with Crippen LogP contribution in [-0.2, 0) is 0 Å². The number of alkyl halides is 2. The van der Waals surface area contributed by atoms with Gasteiger partial charge in [0.2, 0.25) is 0 Å². The highest BCUT2D eigenvalue weighted by molar-refractivity contribution is 9.12. The van der Waals surface area contributed by atoms with Gasteiger partial charge in [-0.2, -0.15) is 0 Å². The van der Waals surface area contributed by atoms with E-state index < -0.39 is 0 Å². The Balaban J connectivity index is 1.48. The van der Waals surface area contributed by atoms with Crippen molar-refractivity contribution in [2.45, 2.75) is 115 Å². The molecule has 0 heterocycles. The average molecular weight is 530 g/mol. The molecule has 0 aliphatic heterocycles. The monoisotopic (exact) mass is 528 g/mol. The van der Waals surface area contributed by atoms with E-state index in [0.29, 0.717) is 20.5 Å². The van der Waals surface area contributed by atoms with Crippen LogP contribution in [0.4, 0.5) is 0 Å². The van der Waals surface area contributed by atoms with Crippen LogP contribution in [0.2, 0.25) is 0 Å². The second-order valence-corrected chi connectivity index (χ2v) is 14.8. The van der Waals surface area contributed by atoms with Crippen molar-refractivity contribution in [3.8, 4) is 0 Å². The van der Waals surface area contributed by atoms with E-state index in [-0.39, 0.29) is 0 Å². The molecule has 0 aromatic heterocycles. The molecule has 0 amide bonds. The van der Waals surface area contributed by atoms with Crippen molar-refractivity contribution in [1.29, 1.82) is 0 Å². The molecule has 4 aliphatic rings. The molecule has 0 saturated heterocycles. The van der Waals surface area contributed by atoms with Crippen LogP contribution in [0.1, 0.15) is 105 Å². The van der Waals surface area contributed by atoms with E-state index in [9.17, 15) is 0 Å². The highest BCUT2D eigenvalue weighted by Crippen LogP contribution is 2.69. The number of hydrogen-bond donors (Lipinski definition) is 0. The van der Waals surface area contributed by atoms with Crippen molar-refractivity contribution in [3.05, 3.63) is 0 Å². The largest absolute Gasteiger partial charge is 0.0878 e. The molecule has 10 atom stereocenters. The van der Waals surface area contributed by atoms with Gasteiger partial charge >= 0.3 is 0 Å². The van der Waals surface area contributed by atoms with Crippen LogP contribution in [0.25, 0.3) is 0 Å². The molecule has 4 rings (SSSR count). The van der Waals surface area contributed by atoms with Gasteiger partial charge in [-0.25, -0.2) is 0 Å². The Kier molecular flexibility index (Phi) is 6.95. The van der Waals surface area contributed by atoms with Crippen molar-refractivity contribution in [3.63, 3.8) is 0 Å². The molecule has 168 valence electrons. The first-order chi connectivity index (χ1) is 13.7. The fourth-order valence-electron chi connectivity index (χ4n) is 9.26. The Hall–Kier alpha value is 0.960. The van der Waals surface area contributed by atoms with Gasteiger partial charge in [0.1, 0.15) is 0 Å². The van der Waals surface area contributed by atoms with Gasteiger partial charge in [-0.15, -0.1) is 0 Å². The topological polar surface area (TPSA) is 0 Å². The van der Waals surface area contributed by atoms with Gasteiger partial charge in [0, 0.05) is 9.65 Å². The third-order valence-electron chi connectivity index (χ3n) is 10.8. The van der Waals surface area contributed by atoms with Crippen LogP contribution in [-0.4, -0.2) is 9.65 Å². The van der Waals surface area contributed by atoms with Crippen LogP contribution < -0.4 is 0 Å². The molecular weight excluding hydrogens is 484 g/mol. The Morgan fingerprint density at radius 2 is 1.41 bits per heavy atom. The van der Waals surface area contributed by atoms with Crippen molar-refractivity contribution in [1.82, 2.24) is 0 Å². The molecule has 4 saturated carbocycles. The zero-order valence-electron chi connectivity index (χ0n) is 19.7. The maximum Gasteiger partial charge on any atom is 0.0304 e. The standard InChI is InChI=1S/C27H46Br2/c1-17(2)7-6-8-18(3)20-11-12-21-19-9-10-23-25(29)24(28)14-16-27(23,5)22(19)13-15-26(20,21)4/h17-25H,6-16H2,1-5H3. The van der Waals surface area contributed by atoms with E-state index in [4.69, 9.17) is 0 Å². The second-order valence-electron chi connectivity index (χ2n) is 12.6. The number of rotatable bonds is 5. The number of halogens is 2. The van der Waals surface area contributed by atoms with Gasteiger partial charge in [0.25, 0.3) is 0 Å². The number of hydrogen-bond acceptors (Lipinski definition) is 0. The molecule has 0 bridgehead atoms. The Morgan fingerprint density at radius 1 is 0.759 bits per heavy atom. The summed E-state index contributed by atoms with van der Waals surface area (Å²) in [6, 6.07) is 0. The van der Waals surface area contributed by atoms with E-state index in [1.165, 1.54) is 70.6 Å². The lowest BCUT2D eigenvalue weighted by Gasteiger charge is -2.62. The molecular formula is C27H46Br2. The summed E-state index contributed by atoms with van der Waals surface area (Å²) in [5.74, 6) is 6.72. The fraction of sp³-hybridized carbons (Fsp3) is 1.00. The highest BCUT2D eigenvalue weighted by atomic mass is 79.9. The molecule has 0 nitrogen and oxygen atoms in total. The third kappa shape index (κ3) is 3.95. The van der Waals surface area contributed by atoms with Crippen molar-refractivity contribution < 1.29 is 0 Å². The summed E-state index contributed by atoms with van der Waals surface area (Å²) in [4.78, 5) is 1.38. The van der Waals surface area contributed by atoms with Gasteiger partial charge in [0.05, 0.1) is 0 Å². The predicted molar refractivity (Wildman–Crippen MR) is 134 cm³/mol. The third-order valence-corrected chi connectivity index (χ3v) is 13.8. The highest BCUT2D eigenvalue weighted by Gasteiger charge is 2.61. The molecule has 0 radical (unpaired) electrons. The Bertz CT molecular complexity index is 573. The molecule has 10 unspecified atom stereocenters. The van der Waals surface area contributed by atoms with Crippen LogP contribution in [0, 0.1) is 52.3 Å². The second kappa shape index (κ2) is 8.72. The molecule has 0 aromatic carbocycles. The minimum absolute atomic E-state index is 0.587. The van der Waals surface area contributed by atoms with Crippen LogP contribution in [0.15, 0.2) is 0 Å². The molecule has 4 fully saturated rings. The van der Waals surface area contributed by atoms with E-state index >= 15 is 0 Å². The quantitative estimate of drug-likeness (QED) is 0.311. The minimum atomic E-state index is 0.587. The van der Waals surface area contributed by atoms with Gasteiger partial charge in [0.15, 0.2) is 0 Å². The SMILES string of the molecule is CC(C)CCCC(C)C1CCC2C3CCC4C(Br)C(Br)CCC4(C)C3CCC12C. The molecule has 29 heavy (non-hydrogen) atoms. The summed E-state index contributed by atoms with van der Waals surface area (Å²) in [6.45, 7) is 12.8. The normalized spacial score (nSPS) is 50.7. The summed E-state index contributed by atoms with van der Waals surface area (Å²) in [5.41, 5.74) is 1.23. The van der Waals surface area contributed by atoms with E-state index in [2.05, 4.69) is 66.5 Å². The van der Waals surface area contributed by atoms with Crippen LogP contribution in [0.5, 0.6) is 0 Å². The Labute approximate surface area is 198 Å². The van der Waals surface area contributed by atoms with E-state index in [1.807, 2.05) is 0 Å². The lowest BCUT2D eigenvalue weighted by Crippen LogP contribution is -2.56. The van der Waals surface area contributed by atoms with Crippen molar-refractivity contribution in [2.75, 3.05) is 0 Å². The maximum atomic E-state index is 4.13. The van der Waals surface area contributed by atoms with Crippen molar-refractivity contribution >= 4 is 31.9 Å². The van der Waals surface area contributed by atoms with Gasteiger partial charge in [-0.3, -0.25) is 0 Å². The van der Waals surface area contributed by atoms with Crippen molar-refractivity contribution in [2.24, 2.45) is 52.3 Å². The van der Waals surface area contributed by atoms with Gasteiger partial charge in [-0.05, 0) is 104 Å². The average Bonchev–Trinajstić information content (AvgIpc) is 3.02. The molecule has 0 aromatic rings. The molecule has 0 N–H and O–H groups in total. The summed E-state index contributed by atoms with van der Waals surface area (Å²) in [7, 11) is 0.